The van der Waals surface area contributed by atoms with Crippen LogP contribution in [0.3, 0.4) is 0 Å². The van der Waals surface area contributed by atoms with Crippen molar-refractivity contribution in [1.82, 2.24) is 24.8 Å². The van der Waals surface area contributed by atoms with Gasteiger partial charge >= 0.3 is 0 Å². The molecule has 42 heavy (non-hydrogen) atoms. The van der Waals surface area contributed by atoms with E-state index in [-0.39, 0.29) is 23.2 Å². The Morgan fingerprint density at radius 2 is 1.98 bits per heavy atom. The Morgan fingerprint density at radius 1 is 1.19 bits per heavy atom. The Bertz CT molecular complexity index is 1830. The average Bonchev–Trinajstić information content (AvgIpc) is 3.53. The summed E-state index contributed by atoms with van der Waals surface area (Å²) in [5, 5.41) is 31.2. The monoisotopic (exact) mass is 571 g/mol. The molecule has 4 N–H and O–H groups in total. The van der Waals surface area contributed by atoms with Crippen molar-refractivity contribution < 1.29 is 23.8 Å². The molecule has 6 rings (SSSR count). The van der Waals surface area contributed by atoms with Crippen molar-refractivity contribution in [2.45, 2.75) is 31.2 Å². The Labute approximate surface area is 237 Å². The summed E-state index contributed by atoms with van der Waals surface area (Å²) in [7, 11) is 1.49. The molecule has 0 bridgehead atoms. The van der Waals surface area contributed by atoms with Crippen LogP contribution in [0.15, 0.2) is 53.9 Å². The van der Waals surface area contributed by atoms with E-state index < -0.39 is 35.3 Å². The van der Waals surface area contributed by atoms with Gasteiger partial charge in [0.2, 0.25) is 11.7 Å². The highest BCUT2D eigenvalue weighted by Crippen LogP contribution is 2.67. The molecule has 2 saturated carbocycles. The molecule has 12 nitrogen and oxygen atoms in total. The van der Waals surface area contributed by atoms with Crippen LogP contribution in [-0.2, 0) is 11.3 Å². The lowest BCUT2D eigenvalue weighted by Crippen LogP contribution is -2.41. The molecule has 0 aliphatic heterocycles. The van der Waals surface area contributed by atoms with Gasteiger partial charge in [-0.05, 0) is 41.6 Å². The van der Waals surface area contributed by atoms with Gasteiger partial charge in [-0.3, -0.25) is 4.79 Å². The third kappa shape index (κ3) is 4.46. The molecule has 0 saturated heterocycles. The molecule has 2 aromatic heterocycles. The number of fused-ring (bicyclic) bond motifs is 2. The fraction of sp³-hybridized carbons (Fsp3) is 0.286. The van der Waals surface area contributed by atoms with E-state index >= 15 is 0 Å². The molecule has 2 aromatic carbocycles. The second-order valence-electron chi connectivity index (χ2n) is 10.2. The van der Waals surface area contributed by atoms with Gasteiger partial charge in [-0.25, -0.2) is 23.7 Å². The highest BCUT2D eigenvalue weighted by molar-refractivity contribution is 5.88. The molecule has 0 spiro atoms. The first-order chi connectivity index (χ1) is 20.3. The van der Waals surface area contributed by atoms with E-state index in [2.05, 4.69) is 47.5 Å². The third-order valence-corrected chi connectivity index (χ3v) is 7.86. The summed E-state index contributed by atoms with van der Waals surface area (Å²) in [5.74, 6) is 3.14. The normalized spacial score (nSPS) is 23.8. The van der Waals surface area contributed by atoms with Crippen LogP contribution in [-0.4, -0.2) is 54.9 Å². The molecule has 2 heterocycles. The van der Waals surface area contributed by atoms with E-state index in [4.69, 9.17) is 5.53 Å². The number of aliphatic hydroxyl groups excluding tert-OH is 2. The zero-order chi connectivity index (χ0) is 29.6. The SMILES string of the molecule is CNC(=O)[C@]12C[C@@H]1[C@@H](n1cnc3c(NCc4ccc(N=[N+]=[N-])cc4)nc(C#Cc4ccc(F)c(F)c4)nc31)[C@H](O)[C@@H]2O. The molecule has 2 fully saturated rings. The van der Waals surface area contributed by atoms with Crippen molar-refractivity contribution in [2.75, 3.05) is 12.4 Å². The van der Waals surface area contributed by atoms with E-state index in [0.29, 0.717) is 35.6 Å². The molecule has 2 aliphatic carbocycles. The van der Waals surface area contributed by atoms with E-state index in [1.807, 2.05) is 0 Å². The van der Waals surface area contributed by atoms with Gasteiger partial charge in [-0.2, -0.15) is 0 Å². The fourth-order valence-electron chi connectivity index (χ4n) is 5.72. The predicted octanol–water partition coefficient (Wildman–Crippen LogP) is 3.09. The van der Waals surface area contributed by atoms with Crippen LogP contribution in [0.1, 0.15) is 29.4 Å². The quantitative estimate of drug-likeness (QED) is 0.119. The molecule has 4 aromatic rings. The summed E-state index contributed by atoms with van der Waals surface area (Å²) in [6.07, 6.45) is -0.661. The molecule has 0 radical (unpaired) electrons. The fourth-order valence-corrected chi connectivity index (χ4v) is 5.72. The highest BCUT2D eigenvalue weighted by Gasteiger charge is 2.75. The van der Waals surface area contributed by atoms with Crippen molar-refractivity contribution in [2.24, 2.45) is 16.4 Å². The Morgan fingerprint density at radius 3 is 2.69 bits per heavy atom. The van der Waals surface area contributed by atoms with E-state index in [1.54, 1.807) is 28.8 Å². The molecular weight excluding hydrogens is 548 g/mol. The topological polar surface area (TPSA) is 174 Å². The third-order valence-electron chi connectivity index (χ3n) is 7.86. The van der Waals surface area contributed by atoms with Crippen molar-refractivity contribution in [3.05, 3.63) is 87.8 Å². The van der Waals surface area contributed by atoms with Crippen LogP contribution >= 0.6 is 0 Å². The molecule has 2 aliphatic rings. The Kier molecular flexibility index (Phi) is 6.70. The average molecular weight is 572 g/mol. The number of aromatic nitrogens is 4. The summed E-state index contributed by atoms with van der Waals surface area (Å²) in [5.41, 5.74) is 9.70. The Balaban J connectivity index is 1.39. The van der Waals surface area contributed by atoms with Gasteiger partial charge in [0.25, 0.3) is 0 Å². The highest BCUT2D eigenvalue weighted by atomic mass is 19.2. The number of benzene rings is 2. The molecule has 212 valence electrons. The number of azide groups is 1. The van der Waals surface area contributed by atoms with Gasteiger partial charge in [-0.15, -0.1) is 0 Å². The van der Waals surface area contributed by atoms with E-state index in [9.17, 15) is 23.8 Å². The van der Waals surface area contributed by atoms with Crippen LogP contribution in [0.2, 0.25) is 0 Å². The van der Waals surface area contributed by atoms with Crippen molar-refractivity contribution >= 4 is 28.6 Å². The first-order valence-corrected chi connectivity index (χ1v) is 12.9. The van der Waals surface area contributed by atoms with Crippen LogP contribution in [0, 0.1) is 34.8 Å². The summed E-state index contributed by atoms with van der Waals surface area (Å²) >= 11 is 0. The second-order valence-corrected chi connectivity index (χ2v) is 10.2. The zero-order valence-electron chi connectivity index (χ0n) is 22.0. The van der Waals surface area contributed by atoms with E-state index in [1.165, 1.54) is 19.4 Å². The van der Waals surface area contributed by atoms with Crippen molar-refractivity contribution in [3.63, 3.8) is 0 Å². The zero-order valence-corrected chi connectivity index (χ0v) is 22.0. The number of halogens is 2. The summed E-state index contributed by atoms with van der Waals surface area (Å²) < 4.78 is 28.7. The van der Waals surface area contributed by atoms with Crippen LogP contribution in [0.5, 0.6) is 0 Å². The lowest BCUT2D eigenvalue weighted by Gasteiger charge is -2.23. The minimum atomic E-state index is -1.27. The Hall–Kier alpha value is -5.09. The van der Waals surface area contributed by atoms with E-state index in [0.717, 1.165) is 17.7 Å². The summed E-state index contributed by atoms with van der Waals surface area (Å²) in [4.78, 5) is 28.9. The van der Waals surface area contributed by atoms with Gasteiger partial charge in [-0.1, -0.05) is 35.3 Å². The number of carbonyl (C=O) groups is 1. The van der Waals surface area contributed by atoms with Gasteiger partial charge < -0.3 is 25.4 Å². The van der Waals surface area contributed by atoms with Crippen LogP contribution in [0.25, 0.3) is 21.6 Å². The number of hydrogen-bond donors (Lipinski definition) is 4. The van der Waals surface area contributed by atoms with Gasteiger partial charge in [0.15, 0.2) is 28.6 Å². The lowest BCUT2D eigenvalue weighted by molar-refractivity contribution is -0.132. The first kappa shape index (κ1) is 27.1. The standard InChI is InChI=1S/C28H23F2N9O3/c1-32-27(42)28-11-17(28)22(23(40)24(28)41)39-13-34-21-25(33-12-15-2-6-16(7-3-15)37-38-31)35-20(36-26(21)39)9-5-14-4-8-18(29)19(30)10-14/h2-4,6-8,10,13,17,22-24,40-41H,11-12H2,1H3,(H,32,42)(H,33,35,36)/t17-,22-,23+,24+,28-/m1/s1. The minimum Gasteiger partial charge on any atom is -0.389 e. The number of rotatable bonds is 6. The maximum atomic E-state index is 13.7. The van der Waals surface area contributed by atoms with Crippen molar-refractivity contribution in [3.8, 4) is 11.8 Å². The molecule has 1 amide bonds. The smallest absolute Gasteiger partial charge is 0.229 e. The number of aliphatic hydroxyl groups is 2. The summed E-state index contributed by atoms with van der Waals surface area (Å²) in [6, 6.07) is 9.46. The van der Waals surface area contributed by atoms with Gasteiger partial charge in [0.1, 0.15) is 6.10 Å². The van der Waals surface area contributed by atoms with Crippen LogP contribution < -0.4 is 10.6 Å². The maximum Gasteiger partial charge on any atom is 0.229 e. The molecule has 0 unspecified atom stereocenters. The van der Waals surface area contributed by atoms with Crippen molar-refractivity contribution in [1.29, 1.82) is 0 Å². The largest absolute Gasteiger partial charge is 0.389 e. The molecule has 14 heteroatoms. The first-order valence-electron chi connectivity index (χ1n) is 12.9. The maximum absolute atomic E-state index is 13.7. The number of imidazole rings is 1. The van der Waals surface area contributed by atoms with Gasteiger partial charge in [0.05, 0.1) is 23.9 Å². The number of amides is 1. The number of anilines is 1. The number of hydrogen-bond acceptors (Lipinski definition) is 8. The van der Waals surface area contributed by atoms with Gasteiger partial charge in [0, 0.05) is 35.7 Å². The minimum absolute atomic E-state index is 0.0385. The molecule has 5 atom stereocenters. The predicted molar refractivity (Wildman–Crippen MR) is 146 cm³/mol. The second kappa shape index (κ2) is 10.4. The number of nitrogens with one attached hydrogen (secondary N) is 2. The summed E-state index contributed by atoms with van der Waals surface area (Å²) in [6.45, 7) is 0.304. The van der Waals surface area contributed by atoms with Crippen LogP contribution in [0.4, 0.5) is 20.3 Å². The lowest BCUT2D eigenvalue weighted by atomic mass is 9.98. The number of carbonyl (C=O) groups excluding carboxylic acids is 1. The molecular formula is C28H23F2N9O3. The number of nitrogens with zero attached hydrogens (tertiary/aromatic N) is 7.